The quantitative estimate of drug-likeness (QED) is 0.687. The second-order valence-electron chi connectivity index (χ2n) is 9.17. The van der Waals surface area contributed by atoms with Crippen LogP contribution in [0, 0.1) is 0 Å². The van der Waals surface area contributed by atoms with E-state index in [1.165, 1.54) is 24.1 Å². The van der Waals surface area contributed by atoms with Crippen LogP contribution in [0.3, 0.4) is 0 Å². The highest BCUT2D eigenvalue weighted by Gasteiger charge is 2.26. The smallest absolute Gasteiger partial charge is 0.260 e. The summed E-state index contributed by atoms with van der Waals surface area (Å²) in [7, 11) is 4.11. The van der Waals surface area contributed by atoms with Crippen LogP contribution in [0.5, 0.6) is 5.75 Å². The summed E-state index contributed by atoms with van der Waals surface area (Å²) >= 11 is 0. The minimum absolute atomic E-state index is 0.0566. The number of aromatic nitrogens is 2. The van der Waals surface area contributed by atoms with Crippen LogP contribution in [-0.4, -0.2) is 48.2 Å². The Morgan fingerprint density at radius 3 is 2.44 bits per heavy atom. The Hall–Kier alpha value is -2.83. The number of carbonyl (C=O) groups excluding carboxylic acids is 1. The van der Waals surface area contributed by atoms with Gasteiger partial charge in [0.25, 0.3) is 5.91 Å². The highest BCUT2D eigenvalue weighted by molar-refractivity contribution is 5.81. The van der Waals surface area contributed by atoms with Crippen LogP contribution in [0.2, 0.25) is 0 Å². The van der Waals surface area contributed by atoms with Gasteiger partial charge in [-0.05, 0) is 70.4 Å². The van der Waals surface area contributed by atoms with Crippen molar-refractivity contribution in [2.45, 2.75) is 76.5 Å². The molecule has 32 heavy (non-hydrogen) atoms. The zero-order chi connectivity index (χ0) is 22.5. The lowest BCUT2D eigenvalue weighted by molar-refractivity contribution is -0.128. The number of nitrogens with one attached hydrogen (secondary N) is 2. The number of amides is 1. The maximum Gasteiger partial charge on any atom is 0.260 e. The molecule has 0 spiro atoms. The monoisotopic (exact) mass is 437 g/mol. The summed E-state index contributed by atoms with van der Waals surface area (Å²) in [6, 6.07) is 9.99. The lowest BCUT2D eigenvalue weighted by Gasteiger charge is -2.31. The molecule has 1 saturated carbocycles. The molecule has 1 heterocycles. The molecule has 1 amide bonds. The summed E-state index contributed by atoms with van der Waals surface area (Å²) in [5, 5.41) is 6.73. The van der Waals surface area contributed by atoms with Gasteiger partial charge in [0.1, 0.15) is 11.6 Å². The zero-order valence-corrected chi connectivity index (χ0v) is 19.4. The minimum Gasteiger partial charge on any atom is -0.481 e. The molecule has 0 bridgehead atoms. The number of hydrogen-bond acceptors (Lipinski definition) is 6. The van der Waals surface area contributed by atoms with Gasteiger partial charge in [-0.15, -0.1) is 0 Å². The third-order valence-corrected chi connectivity index (χ3v) is 6.42. The third kappa shape index (κ3) is 5.50. The van der Waals surface area contributed by atoms with E-state index in [-0.39, 0.29) is 11.9 Å². The molecule has 0 radical (unpaired) electrons. The summed E-state index contributed by atoms with van der Waals surface area (Å²) in [5.41, 5.74) is 2.51. The van der Waals surface area contributed by atoms with Crippen molar-refractivity contribution in [3.63, 3.8) is 0 Å². The molecule has 0 aliphatic heterocycles. The predicted octanol–water partition coefficient (Wildman–Crippen LogP) is 3.73. The van der Waals surface area contributed by atoms with E-state index in [2.05, 4.69) is 29.6 Å². The van der Waals surface area contributed by atoms with E-state index < -0.39 is 6.10 Å². The van der Waals surface area contributed by atoms with Crippen molar-refractivity contribution in [2.75, 3.05) is 24.3 Å². The van der Waals surface area contributed by atoms with Crippen molar-refractivity contribution < 1.29 is 9.53 Å². The van der Waals surface area contributed by atoms with Gasteiger partial charge in [-0.25, -0.2) is 4.98 Å². The van der Waals surface area contributed by atoms with Crippen molar-refractivity contribution in [2.24, 2.45) is 0 Å². The van der Waals surface area contributed by atoms with Crippen molar-refractivity contribution in [3.8, 4) is 5.75 Å². The predicted molar refractivity (Wildman–Crippen MR) is 127 cm³/mol. The molecule has 2 N–H and O–H groups in total. The van der Waals surface area contributed by atoms with Crippen LogP contribution in [0.15, 0.2) is 30.3 Å². The molecule has 2 aliphatic rings. The molecule has 1 fully saturated rings. The van der Waals surface area contributed by atoms with E-state index in [0.29, 0.717) is 11.8 Å². The van der Waals surface area contributed by atoms with Gasteiger partial charge < -0.3 is 20.3 Å². The highest BCUT2D eigenvalue weighted by atomic mass is 16.5. The van der Waals surface area contributed by atoms with Crippen LogP contribution in [-0.2, 0) is 17.6 Å². The summed E-state index contributed by atoms with van der Waals surface area (Å²) in [6.45, 7) is 1.80. The van der Waals surface area contributed by atoms with Crippen LogP contribution in [0.1, 0.15) is 56.7 Å². The number of aryl methyl sites for hydroxylation is 1. The van der Waals surface area contributed by atoms with E-state index in [4.69, 9.17) is 14.7 Å². The van der Waals surface area contributed by atoms with Gasteiger partial charge in [0, 0.05) is 31.7 Å². The van der Waals surface area contributed by atoms with Crippen molar-refractivity contribution in [1.29, 1.82) is 0 Å². The Kier molecular flexibility index (Phi) is 7.12. The lowest BCUT2D eigenvalue weighted by atomic mass is 9.91. The average Bonchev–Trinajstić information content (AvgIpc) is 2.80. The van der Waals surface area contributed by atoms with E-state index in [1.54, 1.807) is 6.92 Å². The van der Waals surface area contributed by atoms with Crippen LogP contribution in [0.4, 0.5) is 11.8 Å². The van der Waals surface area contributed by atoms with Crippen molar-refractivity contribution in [1.82, 2.24) is 15.3 Å². The number of rotatable bonds is 7. The van der Waals surface area contributed by atoms with Crippen LogP contribution >= 0.6 is 0 Å². The topological polar surface area (TPSA) is 79.4 Å². The maximum absolute atomic E-state index is 12.5. The summed E-state index contributed by atoms with van der Waals surface area (Å²) in [4.78, 5) is 24.3. The van der Waals surface area contributed by atoms with Gasteiger partial charge in [0.2, 0.25) is 5.95 Å². The van der Waals surface area contributed by atoms with E-state index in [9.17, 15) is 4.79 Å². The van der Waals surface area contributed by atoms with Gasteiger partial charge in [0.05, 0.1) is 5.69 Å². The Morgan fingerprint density at radius 1 is 1.03 bits per heavy atom. The van der Waals surface area contributed by atoms with Crippen LogP contribution < -0.4 is 20.3 Å². The molecule has 2 aromatic rings. The first-order chi connectivity index (χ1) is 15.5. The Bertz CT molecular complexity index is 910. The minimum atomic E-state index is -0.512. The number of fused-ring (bicyclic) bond motifs is 1. The molecule has 4 rings (SSSR count). The SMILES string of the molecule is CC(Oc1ccccc1)C(=O)N[C@H]1CC[C@@H](Nc2nc3c(c(N(C)C)n2)CCCC3)CC1. The molecule has 1 unspecified atom stereocenters. The number of benzene rings is 1. The second-order valence-corrected chi connectivity index (χ2v) is 9.17. The number of carbonyl (C=O) groups is 1. The fraction of sp³-hybridized carbons (Fsp3) is 0.560. The fourth-order valence-electron chi connectivity index (χ4n) is 4.65. The Morgan fingerprint density at radius 2 is 1.72 bits per heavy atom. The normalized spacial score (nSPS) is 21.2. The van der Waals surface area contributed by atoms with E-state index >= 15 is 0 Å². The highest BCUT2D eigenvalue weighted by Crippen LogP contribution is 2.29. The number of anilines is 2. The molecule has 1 aromatic heterocycles. The molecule has 7 nitrogen and oxygen atoms in total. The van der Waals surface area contributed by atoms with Gasteiger partial charge in [-0.2, -0.15) is 4.98 Å². The van der Waals surface area contributed by atoms with Crippen molar-refractivity contribution >= 4 is 17.7 Å². The first-order valence-corrected chi connectivity index (χ1v) is 11.9. The van der Waals surface area contributed by atoms with E-state index in [0.717, 1.165) is 50.3 Å². The zero-order valence-electron chi connectivity index (χ0n) is 19.4. The average molecular weight is 438 g/mol. The van der Waals surface area contributed by atoms with E-state index in [1.807, 2.05) is 30.3 Å². The molecule has 0 saturated heterocycles. The molecular weight excluding hydrogens is 402 g/mol. The van der Waals surface area contributed by atoms with Crippen LogP contribution in [0.25, 0.3) is 0 Å². The number of para-hydroxylation sites is 1. The first-order valence-electron chi connectivity index (χ1n) is 11.9. The van der Waals surface area contributed by atoms with Gasteiger partial charge in [0.15, 0.2) is 6.10 Å². The number of ether oxygens (including phenoxy) is 1. The standard InChI is InChI=1S/C25H35N5O2/c1-17(32-20-9-5-4-6-10-20)24(31)26-18-13-15-19(16-14-18)27-25-28-22-12-8-7-11-21(22)23(29-25)30(2)3/h4-6,9-10,17-19H,7-8,11-16H2,1-3H3,(H,26,31)(H,27,28,29)/t17?,18-,19+. The van der Waals surface area contributed by atoms with Gasteiger partial charge in [-0.1, -0.05) is 18.2 Å². The molecular formula is C25H35N5O2. The first kappa shape index (κ1) is 22.4. The Balaban J connectivity index is 1.29. The molecule has 172 valence electrons. The number of hydrogen-bond donors (Lipinski definition) is 2. The van der Waals surface area contributed by atoms with Gasteiger partial charge >= 0.3 is 0 Å². The fourth-order valence-corrected chi connectivity index (χ4v) is 4.65. The summed E-state index contributed by atoms with van der Waals surface area (Å²) < 4.78 is 5.75. The molecule has 7 heteroatoms. The molecule has 1 atom stereocenters. The summed E-state index contributed by atoms with van der Waals surface area (Å²) in [6.07, 6.45) is 7.85. The Labute approximate surface area is 191 Å². The largest absolute Gasteiger partial charge is 0.481 e. The van der Waals surface area contributed by atoms with Gasteiger partial charge in [-0.3, -0.25) is 4.79 Å². The maximum atomic E-state index is 12.5. The second kappa shape index (κ2) is 10.2. The lowest BCUT2D eigenvalue weighted by Crippen LogP contribution is -2.45. The third-order valence-electron chi connectivity index (χ3n) is 6.42. The molecule has 1 aromatic carbocycles. The summed E-state index contributed by atoms with van der Waals surface area (Å²) in [5.74, 6) is 2.45. The molecule has 2 aliphatic carbocycles. The number of nitrogens with zero attached hydrogens (tertiary/aromatic N) is 3. The van der Waals surface area contributed by atoms with Crippen molar-refractivity contribution in [3.05, 3.63) is 41.6 Å².